The van der Waals surface area contributed by atoms with E-state index in [0.717, 1.165) is 24.2 Å². The lowest BCUT2D eigenvalue weighted by Crippen LogP contribution is -2.34. The first kappa shape index (κ1) is 12.3. The summed E-state index contributed by atoms with van der Waals surface area (Å²) in [6.07, 6.45) is 11.8. The van der Waals surface area contributed by atoms with Gasteiger partial charge in [0.05, 0.1) is 18.4 Å². The standard InChI is InChI=1S/C14H17N7/c1-2-5-11(21-7-3-6-19-21)10(4-1)20-14-12-13(16-8-15-12)17-9-18-14/h3,6-11H,1-2,4-5H2,(H2,15,16,17,18,20). The van der Waals surface area contributed by atoms with Crippen molar-refractivity contribution in [2.75, 3.05) is 5.32 Å². The highest BCUT2D eigenvalue weighted by Gasteiger charge is 2.27. The molecular formula is C14H17N7. The third-order valence-corrected chi connectivity index (χ3v) is 4.14. The lowest BCUT2D eigenvalue weighted by atomic mass is 9.90. The van der Waals surface area contributed by atoms with E-state index in [0.29, 0.717) is 17.7 Å². The van der Waals surface area contributed by atoms with Crippen molar-refractivity contribution in [2.24, 2.45) is 0 Å². The van der Waals surface area contributed by atoms with Gasteiger partial charge in [-0.25, -0.2) is 15.0 Å². The minimum Gasteiger partial charge on any atom is -0.363 e. The van der Waals surface area contributed by atoms with E-state index in [1.807, 2.05) is 18.5 Å². The third-order valence-electron chi connectivity index (χ3n) is 4.14. The molecular weight excluding hydrogens is 266 g/mol. The molecule has 1 aliphatic carbocycles. The topological polar surface area (TPSA) is 84.3 Å². The summed E-state index contributed by atoms with van der Waals surface area (Å²) in [5, 5.41) is 7.97. The maximum absolute atomic E-state index is 4.41. The molecule has 108 valence electrons. The second-order valence-corrected chi connectivity index (χ2v) is 5.41. The lowest BCUT2D eigenvalue weighted by molar-refractivity contribution is 0.301. The summed E-state index contributed by atoms with van der Waals surface area (Å²) in [4.78, 5) is 15.8. The number of hydrogen-bond acceptors (Lipinski definition) is 5. The Morgan fingerprint density at radius 2 is 2.14 bits per heavy atom. The van der Waals surface area contributed by atoms with E-state index in [1.54, 1.807) is 12.7 Å². The summed E-state index contributed by atoms with van der Waals surface area (Å²) in [6.45, 7) is 0. The number of hydrogen-bond donors (Lipinski definition) is 2. The Balaban J connectivity index is 1.64. The van der Waals surface area contributed by atoms with Crippen LogP contribution >= 0.6 is 0 Å². The molecule has 0 aromatic carbocycles. The molecule has 3 aromatic rings. The molecule has 0 radical (unpaired) electrons. The van der Waals surface area contributed by atoms with Gasteiger partial charge in [-0.1, -0.05) is 12.8 Å². The van der Waals surface area contributed by atoms with Crippen LogP contribution in [0.3, 0.4) is 0 Å². The molecule has 7 heteroatoms. The summed E-state index contributed by atoms with van der Waals surface area (Å²) < 4.78 is 2.06. The minimum atomic E-state index is 0.319. The van der Waals surface area contributed by atoms with Gasteiger partial charge in [0, 0.05) is 12.4 Å². The molecule has 2 unspecified atom stereocenters. The highest BCUT2D eigenvalue weighted by atomic mass is 15.3. The number of anilines is 1. The Bertz CT molecular complexity index is 718. The van der Waals surface area contributed by atoms with Gasteiger partial charge in [0.15, 0.2) is 11.5 Å². The van der Waals surface area contributed by atoms with Crippen LogP contribution in [0.5, 0.6) is 0 Å². The molecule has 2 N–H and O–H groups in total. The van der Waals surface area contributed by atoms with Crippen molar-refractivity contribution >= 4 is 17.0 Å². The Hall–Kier alpha value is -2.44. The van der Waals surface area contributed by atoms with E-state index in [-0.39, 0.29) is 0 Å². The molecule has 0 amide bonds. The van der Waals surface area contributed by atoms with E-state index in [4.69, 9.17) is 0 Å². The van der Waals surface area contributed by atoms with Crippen LogP contribution in [0.15, 0.2) is 31.1 Å². The van der Waals surface area contributed by atoms with Gasteiger partial charge >= 0.3 is 0 Å². The van der Waals surface area contributed by atoms with Crippen molar-refractivity contribution in [1.82, 2.24) is 29.7 Å². The molecule has 0 aliphatic heterocycles. The van der Waals surface area contributed by atoms with Gasteiger partial charge in [-0.15, -0.1) is 0 Å². The van der Waals surface area contributed by atoms with Crippen LogP contribution in [-0.2, 0) is 0 Å². The summed E-state index contributed by atoms with van der Waals surface area (Å²) in [7, 11) is 0. The predicted octanol–water partition coefficient (Wildman–Crippen LogP) is 2.15. The Labute approximate surface area is 121 Å². The molecule has 0 saturated heterocycles. The van der Waals surface area contributed by atoms with E-state index >= 15 is 0 Å². The number of H-pyrrole nitrogens is 1. The monoisotopic (exact) mass is 283 g/mol. The number of imidazole rings is 1. The molecule has 1 saturated carbocycles. The number of aromatic amines is 1. The average molecular weight is 283 g/mol. The molecule has 21 heavy (non-hydrogen) atoms. The average Bonchev–Trinajstić information content (AvgIpc) is 3.20. The van der Waals surface area contributed by atoms with E-state index in [2.05, 4.69) is 35.0 Å². The second kappa shape index (κ2) is 5.16. The molecule has 1 aliphatic rings. The lowest BCUT2D eigenvalue weighted by Gasteiger charge is -2.32. The summed E-state index contributed by atoms with van der Waals surface area (Å²) >= 11 is 0. The quantitative estimate of drug-likeness (QED) is 0.769. The van der Waals surface area contributed by atoms with E-state index < -0.39 is 0 Å². The van der Waals surface area contributed by atoms with Gasteiger partial charge in [-0.2, -0.15) is 5.10 Å². The maximum atomic E-state index is 4.41. The maximum Gasteiger partial charge on any atom is 0.182 e. The zero-order chi connectivity index (χ0) is 14.1. The largest absolute Gasteiger partial charge is 0.363 e. The number of aromatic nitrogens is 6. The Morgan fingerprint density at radius 1 is 1.19 bits per heavy atom. The molecule has 2 atom stereocenters. The van der Waals surface area contributed by atoms with Gasteiger partial charge in [0.2, 0.25) is 0 Å². The molecule has 7 nitrogen and oxygen atoms in total. The Morgan fingerprint density at radius 3 is 3.05 bits per heavy atom. The van der Waals surface area contributed by atoms with Gasteiger partial charge in [-0.05, 0) is 18.9 Å². The number of rotatable bonds is 3. The fourth-order valence-corrected chi connectivity index (χ4v) is 3.12. The van der Waals surface area contributed by atoms with Crippen LogP contribution in [0, 0.1) is 0 Å². The van der Waals surface area contributed by atoms with Gasteiger partial charge in [0.25, 0.3) is 0 Å². The first-order chi connectivity index (χ1) is 10.4. The number of fused-ring (bicyclic) bond motifs is 1. The minimum absolute atomic E-state index is 0.319. The van der Waals surface area contributed by atoms with Crippen LogP contribution in [0.1, 0.15) is 31.7 Å². The fourth-order valence-electron chi connectivity index (χ4n) is 3.12. The SMILES string of the molecule is c1cnn(C2CCCCC2Nc2ncnc3nc[nH]c23)c1. The van der Waals surface area contributed by atoms with Crippen LogP contribution in [-0.4, -0.2) is 35.8 Å². The second-order valence-electron chi connectivity index (χ2n) is 5.41. The highest BCUT2D eigenvalue weighted by molar-refractivity contribution is 5.82. The van der Waals surface area contributed by atoms with E-state index in [1.165, 1.54) is 12.8 Å². The van der Waals surface area contributed by atoms with Crippen LogP contribution < -0.4 is 5.32 Å². The molecule has 3 heterocycles. The third kappa shape index (κ3) is 2.24. The number of nitrogens with zero attached hydrogens (tertiary/aromatic N) is 5. The van der Waals surface area contributed by atoms with Crippen molar-refractivity contribution in [1.29, 1.82) is 0 Å². The van der Waals surface area contributed by atoms with Gasteiger partial charge in [-0.3, -0.25) is 4.68 Å². The predicted molar refractivity (Wildman–Crippen MR) is 78.8 cm³/mol. The van der Waals surface area contributed by atoms with Crippen molar-refractivity contribution in [3.05, 3.63) is 31.1 Å². The molecule has 0 bridgehead atoms. The molecule has 4 rings (SSSR count). The summed E-state index contributed by atoms with van der Waals surface area (Å²) in [5.41, 5.74) is 1.56. The van der Waals surface area contributed by atoms with Crippen molar-refractivity contribution in [3.8, 4) is 0 Å². The zero-order valence-corrected chi connectivity index (χ0v) is 11.6. The van der Waals surface area contributed by atoms with Gasteiger partial charge in [0.1, 0.15) is 11.8 Å². The normalized spacial score (nSPS) is 22.5. The number of nitrogens with one attached hydrogen (secondary N) is 2. The van der Waals surface area contributed by atoms with Crippen molar-refractivity contribution in [2.45, 2.75) is 37.8 Å². The van der Waals surface area contributed by atoms with Crippen molar-refractivity contribution in [3.63, 3.8) is 0 Å². The highest BCUT2D eigenvalue weighted by Crippen LogP contribution is 2.31. The van der Waals surface area contributed by atoms with Crippen LogP contribution in [0.25, 0.3) is 11.2 Å². The fraction of sp³-hybridized carbons (Fsp3) is 0.429. The van der Waals surface area contributed by atoms with Crippen molar-refractivity contribution < 1.29 is 0 Å². The first-order valence-corrected chi connectivity index (χ1v) is 7.31. The molecule has 1 fully saturated rings. The summed E-state index contributed by atoms with van der Waals surface area (Å²) in [6, 6.07) is 2.66. The van der Waals surface area contributed by atoms with Crippen LogP contribution in [0.4, 0.5) is 5.82 Å². The molecule has 0 spiro atoms. The van der Waals surface area contributed by atoms with Gasteiger partial charge < -0.3 is 10.3 Å². The molecule has 3 aromatic heterocycles. The first-order valence-electron chi connectivity index (χ1n) is 7.31. The smallest absolute Gasteiger partial charge is 0.182 e. The summed E-state index contributed by atoms with van der Waals surface area (Å²) in [5.74, 6) is 0.821. The zero-order valence-electron chi connectivity index (χ0n) is 11.6. The van der Waals surface area contributed by atoms with E-state index in [9.17, 15) is 0 Å². The Kier molecular flexibility index (Phi) is 3.02. The van der Waals surface area contributed by atoms with Crippen LogP contribution in [0.2, 0.25) is 0 Å².